The molecule has 0 saturated heterocycles. The predicted octanol–water partition coefficient (Wildman–Crippen LogP) is -0.109. The molecule has 0 aromatic carbocycles. The molecule has 2 N–H and O–H groups in total. The lowest BCUT2D eigenvalue weighted by Crippen LogP contribution is -2.33. The second kappa shape index (κ2) is 6.72. The van der Waals surface area contributed by atoms with E-state index in [9.17, 15) is 5.11 Å². The molecule has 1 aromatic heterocycles. The first-order valence-electron chi connectivity index (χ1n) is 6.06. The van der Waals surface area contributed by atoms with Crippen molar-refractivity contribution in [3.8, 4) is 0 Å². The molecule has 0 radical (unpaired) electrons. The van der Waals surface area contributed by atoms with E-state index in [4.69, 9.17) is 4.74 Å². The quantitative estimate of drug-likeness (QED) is 0.713. The van der Waals surface area contributed by atoms with Gasteiger partial charge in [0, 0.05) is 39.9 Å². The van der Waals surface area contributed by atoms with Gasteiger partial charge in [-0.3, -0.25) is 4.68 Å². The average Bonchev–Trinajstić information content (AvgIpc) is 2.54. The van der Waals surface area contributed by atoms with Crippen molar-refractivity contribution in [1.29, 1.82) is 0 Å². The molecule has 0 aliphatic carbocycles. The normalized spacial score (nSPS) is 12.8. The summed E-state index contributed by atoms with van der Waals surface area (Å²) in [6.45, 7) is 3.61. The molecule has 0 aliphatic rings. The molecule has 1 heterocycles. The van der Waals surface area contributed by atoms with E-state index in [0.717, 1.165) is 23.6 Å². The van der Waals surface area contributed by atoms with Crippen LogP contribution in [0.2, 0.25) is 0 Å². The first kappa shape index (κ1) is 14.9. The lowest BCUT2D eigenvalue weighted by molar-refractivity contribution is 0.0693. The number of aromatic nitrogens is 2. The highest BCUT2D eigenvalue weighted by atomic mass is 16.5. The standard InChI is InChI=1S/C12H24N4O2/c1-9-11(6-13-2)12(16(4)14-9)15(3)7-10(17)8-18-5/h10,13,17H,6-8H2,1-5H3. The van der Waals surface area contributed by atoms with Gasteiger partial charge >= 0.3 is 0 Å². The first-order valence-corrected chi connectivity index (χ1v) is 6.06. The highest BCUT2D eigenvalue weighted by Crippen LogP contribution is 2.22. The number of nitrogens with one attached hydrogen (secondary N) is 1. The minimum absolute atomic E-state index is 0.336. The Morgan fingerprint density at radius 3 is 2.78 bits per heavy atom. The smallest absolute Gasteiger partial charge is 0.131 e. The van der Waals surface area contributed by atoms with E-state index in [-0.39, 0.29) is 0 Å². The zero-order valence-corrected chi connectivity index (χ0v) is 11.9. The summed E-state index contributed by atoms with van der Waals surface area (Å²) < 4.78 is 6.79. The molecule has 6 nitrogen and oxygen atoms in total. The largest absolute Gasteiger partial charge is 0.389 e. The van der Waals surface area contributed by atoms with E-state index in [1.807, 2.05) is 37.6 Å². The van der Waals surface area contributed by atoms with Gasteiger partial charge in [-0.05, 0) is 14.0 Å². The summed E-state index contributed by atoms with van der Waals surface area (Å²) in [5.74, 6) is 1.03. The Kier molecular flexibility index (Phi) is 5.58. The van der Waals surface area contributed by atoms with Crippen molar-refractivity contribution < 1.29 is 9.84 Å². The summed E-state index contributed by atoms with van der Waals surface area (Å²) in [5.41, 5.74) is 2.17. The predicted molar refractivity (Wildman–Crippen MR) is 71.9 cm³/mol. The van der Waals surface area contributed by atoms with Gasteiger partial charge < -0.3 is 20.1 Å². The van der Waals surface area contributed by atoms with Crippen LogP contribution in [-0.2, 0) is 18.3 Å². The average molecular weight is 256 g/mol. The van der Waals surface area contributed by atoms with Gasteiger partial charge in [-0.25, -0.2) is 0 Å². The second-order valence-electron chi connectivity index (χ2n) is 4.53. The highest BCUT2D eigenvalue weighted by Gasteiger charge is 2.18. The van der Waals surface area contributed by atoms with Gasteiger partial charge in [0.1, 0.15) is 5.82 Å². The number of anilines is 1. The number of methoxy groups -OCH3 is 1. The maximum atomic E-state index is 9.79. The van der Waals surface area contributed by atoms with Gasteiger partial charge in [0.05, 0.1) is 18.4 Å². The number of ether oxygens (including phenoxy) is 1. The fraction of sp³-hybridized carbons (Fsp3) is 0.750. The van der Waals surface area contributed by atoms with Crippen LogP contribution in [0.5, 0.6) is 0 Å². The van der Waals surface area contributed by atoms with E-state index in [1.165, 1.54) is 0 Å². The fourth-order valence-corrected chi connectivity index (χ4v) is 2.20. The van der Waals surface area contributed by atoms with Crippen LogP contribution >= 0.6 is 0 Å². The Labute approximate surface area is 109 Å². The van der Waals surface area contributed by atoms with Crippen LogP contribution < -0.4 is 10.2 Å². The summed E-state index contributed by atoms with van der Waals surface area (Å²) in [7, 11) is 7.37. The molecular formula is C12H24N4O2. The third-order valence-corrected chi connectivity index (χ3v) is 2.87. The minimum Gasteiger partial charge on any atom is -0.389 e. The summed E-state index contributed by atoms with van der Waals surface area (Å²) >= 11 is 0. The molecule has 0 amide bonds. The number of hydrogen-bond acceptors (Lipinski definition) is 5. The third-order valence-electron chi connectivity index (χ3n) is 2.87. The van der Waals surface area contributed by atoms with E-state index in [0.29, 0.717) is 13.2 Å². The van der Waals surface area contributed by atoms with Crippen LogP contribution in [0.4, 0.5) is 5.82 Å². The van der Waals surface area contributed by atoms with Crippen LogP contribution in [0.15, 0.2) is 0 Å². The van der Waals surface area contributed by atoms with E-state index >= 15 is 0 Å². The van der Waals surface area contributed by atoms with Gasteiger partial charge in [0.15, 0.2) is 0 Å². The lowest BCUT2D eigenvalue weighted by atomic mass is 10.2. The number of aryl methyl sites for hydroxylation is 2. The van der Waals surface area contributed by atoms with Crippen molar-refractivity contribution in [3.63, 3.8) is 0 Å². The van der Waals surface area contributed by atoms with Gasteiger partial charge in [-0.15, -0.1) is 0 Å². The first-order chi connectivity index (χ1) is 8.51. The highest BCUT2D eigenvalue weighted by molar-refractivity contribution is 5.49. The van der Waals surface area contributed by atoms with Crippen molar-refractivity contribution in [1.82, 2.24) is 15.1 Å². The SMILES string of the molecule is CNCc1c(C)nn(C)c1N(C)CC(O)COC. The minimum atomic E-state index is -0.502. The lowest BCUT2D eigenvalue weighted by Gasteiger charge is -2.23. The Bertz CT molecular complexity index is 378. The van der Waals surface area contributed by atoms with Crippen molar-refractivity contribution >= 4 is 5.82 Å². The van der Waals surface area contributed by atoms with Crippen LogP contribution in [-0.4, -0.2) is 55.3 Å². The monoisotopic (exact) mass is 256 g/mol. The number of aliphatic hydroxyl groups is 1. The summed E-state index contributed by atoms with van der Waals surface area (Å²) in [4.78, 5) is 2.01. The Balaban J connectivity index is 2.86. The Morgan fingerprint density at radius 1 is 1.56 bits per heavy atom. The molecule has 18 heavy (non-hydrogen) atoms. The second-order valence-corrected chi connectivity index (χ2v) is 4.53. The van der Waals surface area contributed by atoms with E-state index in [2.05, 4.69) is 10.4 Å². The molecule has 1 rings (SSSR count). The van der Waals surface area contributed by atoms with Gasteiger partial charge in [-0.2, -0.15) is 5.10 Å². The van der Waals surface area contributed by atoms with Crippen LogP contribution in [0.3, 0.4) is 0 Å². The molecular weight excluding hydrogens is 232 g/mol. The molecule has 0 fully saturated rings. The number of likely N-dealkylation sites (N-methyl/N-ethyl adjacent to an activating group) is 1. The number of hydrogen-bond donors (Lipinski definition) is 2. The summed E-state index contributed by atoms with van der Waals surface area (Å²) in [5, 5.41) is 17.4. The van der Waals surface area contributed by atoms with Crippen LogP contribution in [0.25, 0.3) is 0 Å². The Morgan fingerprint density at radius 2 is 2.22 bits per heavy atom. The van der Waals surface area contributed by atoms with Crippen molar-refractivity contribution in [2.75, 3.05) is 39.3 Å². The van der Waals surface area contributed by atoms with Crippen LogP contribution in [0.1, 0.15) is 11.3 Å². The third kappa shape index (κ3) is 3.44. The van der Waals surface area contributed by atoms with E-state index in [1.54, 1.807) is 7.11 Å². The van der Waals surface area contributed by atoms with Crippen LogP contribution in [0, 0.1) is 6.92 Å². The summed E-state index contributed by atoms with van der Waals surface area (Å²) in [6.07, 6.45) is -0.502. The number of nitrogens with zero attached hydrogens (tertiary/aromatic N) is 3. The molecule has 104 valence electrons. The number of rotatable bonds is 7. The zero-order valence-electron chi connectivity index (χ0n) is 11.9. The maximum absolute atomic E-state index is 9.79. The number of aliphatic hydroxyl groups excluding tert-OH is 1. The molecule has 6 heteroatoms. The zero-order chi connectivity index (χ0) is 13.7. The van der Waals surface area contributed by atoms with Gasteiger partial charge in [0.25, 0.3) is 0 Å². The molecule has 0 saturated carbocycles. The molecule has 0 bridgehead atoms. The van der Waals surface area contributed by atoms with Crippen molar-refractivity contribution in [2.24, 2.45) is 7.05 Å². The molecule has 0 spiro atoms. The topological polar surface area (TPSA) is 62.6 Å². The van der Waals surface area contributed by atoms with Gasteiger partial charge in [-0.1, -0.05) is 0 Å². The molecule has 1 unspecified atom stereocenters. The summed E-state index contributed by atoms with van der Waals surface area (Å²) in [6, 6.07) is 0. The van der Waals surface area contributed by atoms with Crippen molar-refractivity contribution in [3.05, 3.63) is 11.3 Å². The fourth-order valence-electron chi connectivity index (χ4n) is 2.20. The van der Waals surface area contributed by atoms with Gasteiger partial charge in [0.2, 0.25) is 0 Å². The van der Waals surface area contributed by atoms with Crippen molar-refractivity contribution in [2.45, 2.75) is 19.6 Å². The molecule has 1 aromatic rings. The molecule has 0 aliphatic heterocycles. The Hall–Kier alpha value is -1.11. The maximum Gasteiger partial charge on any atom is 0.131 e. The van der Waals surface area contributed by atoms with E-state index < -0.39 is 6.10 Å². The molecule has 1 atom stereocenters.